The molecule has 8 heteroatoms. The van der Waals surface area contributed by atoms with E-state index in [9.17, 15) is 0 Å². The van der Waals surface area contributed by atoms with Crippen LogP contribution in [0.4, 0.5) is 11.4 Å². The molecular formula is C51H50N6O2. The van der Waals surface area contributed by atoms with E-state index in [4.69, 9.17) is 29.4 Å². The molecule has 0 spiro atoms. The summed E-state index contributed by atoms with van der Waals surface area (Å²) >= 11 is 0. The maximum absolute atomic E-state index is 6.56. The first kappa shape index (κ1) is 39.0. The minimum Gasteiger partial charge on any atom is -0.438 e. The van der Waals surface area contributed by atoms with Gasteiger partial charge in [0.2, 0.25) is 11.8 Å². The smallest absolute Gasteiger partial charge is 0.230 e. The molecule has 59 heavy (non-hydrogen) atoms. The van der Waals surface area contributed by atoms with Gasteiger partial charge in [-0.25, -0.2) is 9.97 Å². The van der Waals surface area contributed by atoms with E-state index in [1.807, 2.05) is 84.9 Å². The van der Waals surface area contributed by atoms with Crippen molar-refractivity contribution in [1.82, 2.24) is 19.9 Å². The van der Waals surface area contributed by atoms with Crippen molar-refractivity contribution in [2.45, 2.75) is 47.0 Å². The van der Waals surface area contributed by atoms with Crippen molar-refractivity contribution >= 4 is 33.2 Å². The lowest BCUT2D eigenvalue weighted by Gasteiger charge is -2.26. The van der Waals surface area contributed by atoms with E-state index in [0.29, 0.717) is 34.9 Å². The lowest BCUT2D eigenvalue weighted by atomic mass is 9.78. The molecule has 0 radical (unpaired) electrons. The first-order chi connectivity index (χ1) is 28.8. The van der Waals surface area contributed by atoms with Gasteiger partial charge in [0.05, 0.1) is 21.8 Å². The number of anilines is 2. The standard InChI is InChI=1S/C51H50N6O2/c1-7-56(8-2)45-25-17-13-21-41(45)47-52-43-23-15-11-19-39(43)49(54-47)58-37-31-27-35(28-32-37)51(5,6)36-29-33-38(34-30-36)59-50-40-20-12-16-24-44(40)53-48(55-50)42-22-14-18-26-46(42)57(9-3)10-4/h11-34H,7-10H2,1-6H3. The molecule has 0 aliphatic rings. The van der Waals surface area contributed by atoms with E-state index in [-0.39, 0.29) is 5.41 Å². The van der Waals surface area contributed by atoms with Gasteiger partial charge in [-0.05, 0) is 112 Å². The highest BCUT2D eigenvalue weighted by molar-refractivity contribution is 5.88. The van der Waals surface area contributed by atoms with Crippen molar-refractivity contribution in [3.8, 4) is 46.0 Å². The quantitative estimate of drug-likeness (QED) is 0.108. The topological polar surface area (TPSA) is 76.5 Å². The van der Waals surface area contributed by atoms with Crippen molar-refractivity contribution in [2.24, 2.45) is 0 Å². The zero-order valence-electron chi connectivity index (χ0n) is 34.7. The zero-order chi connectivity index (χ0) is 40.9. The number of hydrogen-bond donors (Lipinski definition) is 0. The maximum atomic E-state index is 6.56. The Bertz CT molecular complexity index is 2520. The number of hydrogen-bond acceptors (Lipinski definition) is 8. The van der Waals surface area contributed by atoms with Crippen LogP contribution < -0.4 is 19.3 Å². The molecule has 0 atom stereocenters. The molecule has 0 saturated carbocycles. The Balaban J connectivity index is 1.04. The van der Waals surface area contributed by atoms with Crippen molar-refractivity contribution in [3.63, 3.8) is 0 Å². The summed E-state index contributed by atoms with van der Waals surface area (Å²) in [6.07, 6.45) is 0. The lowest BCUT2D eigenvalue weighted by molar-refractivity contribution is 0.468. The molecule has 296 valence electrons. The number of benzene rings is 6. The fourth-order valence-electron chi connectivity index (χ4n) is 7.77. The summed E-state index contributed by atoms with van der Waals surface area (Å²) in [6, 6.07) is 49.2. The van der Waals surface area contributed by atoms with Gasteiger partial charge < -0.3 is 19.3 Å². The third kappa shape index (κ3) is 7.91. The summed E-state index contributed by atoms with van der Waals surface area (Å²) in [5, 5.41) is 1.72. The van der Waals surface area contributed by atoms with Crippen LogP contribution >= 0.6 is 0 Å². The van der Waals surface area contributed by atoms with Crippen LogP contribution in [-0.4, -0.2) is 46.1 Å². The van der Waals surface area contributed by atoms with Gasteiger partial charge in [-0.2, -0.15) is 9.97 Å². The zero-order valence-corrected chi connectivity index (χ0v) is 34.7. The van der Waals surface area contributed by atoms with Crippen LogP contribution in [0.15, 0.2) is 146 Å². The van der Waals surface area contributed by atoms with Crippen LogP contribution in [0.25, 0.3) is 44.6 Å². The van der Waals surface area contributed by atoms with E-state index < -0.39 is 0 Å². The molecule has 0 bridgehead atoms. The molecule has 6 aromatic carbocycles. The first-order valence-electron chi connectivity index (χ1n) is 20.6. The third-order valence-electron chi connectivity index (χ3n) is 11.2. The molecule has 8 nitrogen and oxygen atoms in total. The van der Waals surface area contributed by atoms with Gasteiger partial charge in [0.25, 0.3) is 0 Å². The average Bonchev–Trinajstić information content (AvgIpc) is 3.28. The van der Waals surface area contributed by atoms with Gasteiger partial charge in [-0.3, -0.25) is 0 Å². The molecule has 0 fully saturated rings. The fourth-order valence-corrected chi connectivity index (χ4v) is 7.77. The average molecular weight is 779 g/mol. The third-order valence-corrected chi connectivity index (χ3v) is 11.2. The second-order valence-electron chi connectivity index (χ2n) is 15.0. The predicted molar refractivity (Wildman–Crippen MR) is 242 cm³/mol. The second-order valence-corrected chi connectivity index (χ2v) is 15.0. The Morgan fingerprint density at radius 1 is 0.424 bits per heavy atom. The summed E-state index contributed by atoms with van der Waals surface area (Å²) in [6.45, 7) is 16.7. The molecule has 2 heterocycles. The van der Waals surface area contributed by atoms with E-state index in [0.717, 1.165) is 81.6 Å². The van der Waals surface area contributed by atoms with Crippen molar-refractivity contribution in [3.05, 3.63) is 157 Å². The van der Waals surface area contributed by atoms with Crippen molar-refractivity contribution in [2.75, 3.05) is 36.0 Å². The summed E-state index contributed by atoms with van der Waals surface area (Å²) in [7, 11) is 0. The van der Waals surface area contributed by atoms with Crippen LogP contribution in [0.2, 0.25) is 0 Å². The lowest BCUT2D eigenvalue weighted by Crippen LogP contribution is -2.22. The molecule has 0 aliphatic heterocycles. The maximum Gasteiger partial charge on any atom is 0.230 e. The van der Waals surface area contributed by atoms with Gasteiger partial charge in [-0.1, -0.05) is 86.6 Å². The molecule has 0 amide bonds. The molecular weight excluding hydrogens is 729 g/mol. The fraction of sp³-hybridized carbons (Fsp3) is 0.216. The van der Waals surface area contributed by atoms with Crippen LogP contribution in [0.5, 0.6) is 23.3 Å². The Kier molecular flexibility index (Phi) is 11.2. The number of para-hydroxylation sites is 4. The second kappa shape index (κ2) is 17.0. The largest absolute Gasteiger partial charge is 0.438 e. The van der Waals surface area contributed by atoms with E-state index in [1.54, 1.807) is 0 Å². The van der Waals surface area contributed by atoms with Gasteiger partial charge in [0, 0.05) is 54.1 Å². The highest BCUT2D eigenvalue weighted by Gasteiger charge is 2.24. The number of rotatable bonds is 14. The van der Waals surface area contributed by atoms with Gasteiger partial charge in [-0.15, -0.1) is 0 Å². The van der Waals surface area contributed by atoms with Crippen molar-refractivity contribution in [1.29, 1.82) is 0 Å². The highest BCUT2D eigenvalue weighted by atomic mass is 16.5. The minimum absolute atomic E-state index is 0.303. The van der Waals surface area contributed by atoms with Crippen molar-refractivity contribution < 1.29 is 9.47 Å². The van der Waals surface area contributed by atoms with Crippen LogP contribution in [0, 0.1) is 0 Å². The van der Waals surface area contributed by atoms with E-state index in [2.05, 4.69) is 112 Å². The molecule has 8 aromatic rings. The molecule has 0 aliphatic carbocycles. The summed E-state index contributed by atoms with van der Waals surface area (Å²) in [5.41, 5.74) is 7.84. The first-order valence-corrected chi connectivity index (χ1v) is 20.6. The Hall–Kier alpha value is -6.80. The molecule has 2 aromatic heterocycles. The predicted octanol–water partition coefficient (Wildman–Crippen LogP) is 12.5. The van der Waals surface area contributed by atoms with E-state index >= 15 is 0 Å². The van der Waals surface area contributed by atoms with Crippen LogP contribution in [-0.2, 0) is 5.41 Å². The molecule has 0 N–H and O–H groups in total. The van der Waals surface area contributed by atoms with Crippen LogP contribution in [0.1, 0.15) is 52.7 Å². The molecule has 8 rings (SSSR count). The monoisotopic (exact) mass is 778 g/mol. The highest BCUT2D eigenvalue weighted by Crippen LogP contribution is 2.38. The van der Waals surface area contributed by atoms with Crippen LogP contribution in [0.3, 0.4) is 0 Å². The summed E-state index contributed by atoms with van der Waals surface area (Å²) in [5.74, 6) is 3.74. The summed E-state index contributed by atoms with van der Waals surface area (Å²) in [4.78, 5) is 24.6. The Labute approximate surface area is 347 Å². The van der Waals surface area contributed by atoms with Gasteiger partial charge >= 0.3 is 0 Å². The molecule has 0 unspecified atom stereocenters. The minimum atomic E-state index is -0.303. The number of ether oxygens (including phenoxy) is 2. The Morgan fingerprint density at radius 3 is 1.17 bits per heavy atom. The number of fused-ring (bicyclic) bond motifs is 2. The van der Waals surface area contributed by atoms with Gasteiger partial charge in [0.1, 0.15) is 11.5 Å². The van der Waals surface area contributed by atoms with Gasteiger partial charge in [0.15, 0.2) is 11.6 Å². The normalized spacial score (nSPS) is 11.5. The number of nitrogens with zero attached hydrogens (tertiary/aromatic N) is 6. The SMILES string of the molecule is CCN(CC)c1ccccc1-c1nc(Oc2ccc(C(C)(C)c3ccc(Oc4nc(-c5ccccc5N(CC)CC)nc5ccccc45)cc3)cc2)c2ccccc2n1. The Morgan fingerprint density at radius 2 is 0.780 bits per heavy atom. The van der Waals surface area contributed by atoms with E-state index in [1.165, 1.54) is 0 Å². The number of aromatic nitrogens is 4. The molecule has 0 saturated heterocycles. The summed E-state index contributed by atoms with van der Waals surface area (Å²) < 4.78 is 13.1.